The zero-order valence-electron chi connectivity index (χ0n) is 19.0. The van der Waals surface area contributed by atoms with Crippen LogP contribution in [0.15, 0.2) is 61.6 Å². The van der Waals surface area contributed by atoms with E-state index < -0.39 is 0 Å². The molecule has 0 radical (unpaired) electrons. The molecule has 0 amide bonds. The molecule has 170 valence electrons. The number of fused-ring (bicyclic) bond motifs is 2. The summed E-state index contributed by atoms with van der Waals surface area (Å²) in [4.78, 5) is 32.0. The van der Waals surface area contributed by atoms with Crippen LogP contribution in [-0.2, 0) is 6.42 Å². The van der Waals surface area contributed by atoms with Crippen molar-refractivity contribution in [2.45, 2.75) is 25.3 Å². The maximum Gasteiger partial charge on any atom is 0.171 e. The van der Waals surface area contributed by atoms with Crippen molar-refractivity contribution in [3.05, 3.63) is 72.8 Å². The lowest BCUT2D eigenvalue weighted by Gasteiger charge is -2.28. The Hall–Kier alpha value is -3.91. The third-order valence-electron chi connectivity index (χ3n) is 6.74. The number of aromatic amines is 1. The van der Waals surface area contributed by atoms with Crippen molar-refractivity contribution in [2.75, 3.05) is 20.1 Å². The van der Waals surface area contributed by atoms with Crippen LogP contribution in [0.5, 0.6) is 0 Å². The van der Waals surface area contributed by atoms with Gasteiger partial charge in [0.2, 0.25) is 0 Å². The van der Waals surface area contributed by atoms with Crippen molar-refractivity contribution in [3.8, 4) is 11.3 Å². The van der Waals surface area contributed by atoms with Crippen LogP contribution < -0.4 is 0 Å². The molecule has 8 nitrogen and oxygen atoms in total. The minimum Gasteiger partial charge on any atom is -0.360 e. The highest BCUT2D eigenvalue weighted by molar-refractivity contribution is 5.98. The van der Waals surface area contributed by atoms with Crippen LogP contribution in [0.4, 0.5) is 0 Å². The molecule has 1 aliphatic heterocycles. The number of hydrogen-bond donors (Lipinski definition) is 1. The first-order valence-corrected chi connectivity index (χ1v) is 11.6. The highest BCUT2D eigenvalue weighted by Crippen LogP contribution is 2.28. The molecular formula is C26H25N7O. The van der Waals surface area contributed by atoms with Gasteiger partial charge in [-0.25, -0.2) is 0 Å². The van der Waals surface area contributed by atoms with Gasteiger partial charge in [0, 0.05) is 53.0 Å². The van der Waals surface area contributed by atoms with Crippen LogP contribution >= 0.6 is 0 Å². The van der Waals surface area contributed by atoms with Crippen LogP contribution in [0.25, 0.3) is 32.9 Å². The number of rotatable bonds is 5. The van der Waals surface area contributed by atoms with Gasteiger partial charge in [-0.2, -0.15) is 5.10 Å². The summed E-state index contributed by atoms with van der Waals surface area (Å²) in [5, 5.41) is 7.49. The number of likely N-dealkylation sites (tertiary alicyclic amines) is 1. The summed E-state index contributed by atoms with van der Waals surface area (Å²) in [5.41, 5.74) is 4.16. The molecule has 0 bridgehead atoms. The van der Waals surface area contributed by atoms with Crippen LogP contribution in [-0.4, -0.2) is 60.5 Å². The van der Waals surface area contributed by atoms with Gasteiger partial charge in [0.1, 0.15) is 0 Å². The fraction of sp³-hybridized carbons (Fsp3) is 0.269. The number of nitrogens with one attached hydrogen (secondary N) is 1. The van der Waals surface area contributed by atoms with Crippen LogP contribution in [0.2, 0.25) is 0 Å². The molecule has 6 rings (SSSR count). The van der Waals surface area contributed by atoms with Crippen LogP contribution in [0.1, 0.15) is 34.9 Å². The maximum atomic E-state index is 13.0. The average molecular weight is 452 g/mol. The van der Waals surface area contributed by atoms with Gasteiger partial charge in [0.25, 0.3) is 0 Å². The number of nitrogens with zero attached hydrogens (tertiary/aromatic N) is 6. The molecule has 8 heteroatoms. The fourth-order valence-electron chi connectivity index (χ4n) is 4.72. The van der Waals surface area contributed by atoms with E-state index in [0.29, 0.717) is 11.6 Å². The second-order valence-corrected chi connectivity index (χ2v) is 9.06. The van der Waals surface area contributed by atoms with Gasteiger partial charge < -0.3 is 9.88 Å². The lowest BCUT2D eigenvalue weighted by atomic mass is 10.0. The van der Waals surface area contributed by atoms with E-state index in [1.54, 1.807) is 12.4 Å². The summed E-state index contributed by atoms with van der Waals surface area (Å²) in [7, 11) is 2.14. The van der Waals surface area contributed by atoms with E-state index in [4.69, 9.17) is 0 Å². The Kier molecular flexibility index (Phi) is 5.15. The lowest BCUT2D eigenvalue weighted by molar-refractivity contribution is 0.0991. The number of piperidine rings is 1. The number of Topliss-reactive ketones (excluding diaryl/α,β-unsaturated/α-hetero) is 1. The molecule has 0 unspecified atom stereocenters. The molecule has 0 aliphatic carbocycles. The van der Waals surface area contributed by atoms with Gasteiger partial charge >= 0.3 is 0 Å². The molecule has 34 heavy (non-hydrogen) atoms. The molecule has 0 aromatic carbocycles. The first kappa shape index (κ1) is 20.7. The maximum absolute atomic E-state index is 13.0. The van der Waals surface area contributed by atoms with Gasteiger partial charge in [-0.3, -0.25) is 24.4 Å². The summed E-state index contributed by atoms with van der Waals surface area (Å²) in [6.45, 7) is 2.11. The van der Waals surface area contributed by atoms with Crippen molar-refractivity contribution in [1.82, 2.24) is 34.6 Å². The van der Waals surface area contributed by atoms with E-state index in [1.165, 1.54) is 0 Å². The first-order valence-electron chi connectivity index (χ1n) is 11.6. The van der Waals surface area contributed by atoms with E-state index in [0.717, 1.165) is 64.6 Å². The summed E-state index contributed by atoms with van der Waals surface area (Å²) in [5.74, 6) is 0.0293. The molecular weight excluding hydrogens is 426 g/mol. The second kappa shape index (κ2) is 8.46. The monoisotopic (exact) mass is 451 g/mol. The summed E-state index contributed by atoms with van der Waals surface area (Å²) in [6, 6.07) is 6.40. The van der Waals surface area contributed by atoms with Gasteiger partial charge in [-0.1, -0.05) is 0 Å². The molecule has 1 aliphatic rings. The van der Waals surface area contributed by atoms with E-state index in [2.05, 4.69) is 37.0 Å². The molecule has 1 saturated heterocycles. The highest BCUT2D eigenvalue weighted by Gasteiger charge is 2.20. The van der Waals surface area contributed by atoms with Crippen molar-refractivity contribution < 1.29 is 4.79 Å². The number of carbonyl (C=O) groups is 1. The Balaban J connectivity index is 1.24. The number of ketones is 1. The first-order chi connectivity index (χ1) is 16.6. The number of carbonyl (C=O) groups excluding carboxylic acids is 1. The largest absolute Gasteiger partial charge is 0.360 e. The average Bonchev–Trinajstić information content (AvgIpc) is 3.54. The van der Waals surface area contributed by atoms with E-state index in [9.17, 15) is 4.79 Å². The van der Waals surface area contributed by atoms with Crippen LogP contribution in [0, 0.1) is 0 Å². The van der Waals surface area contributed by atoms with E-state index in [-0.39, 0.29) is 12.2 Å². The topological polar surface area (TPSA) is 92.6 Å². The standard InChI is InChI=1S/C26H25N7O/c1-32-6-3-21(4-7-32)33-16-19(13-31-33)26(34)10-20-8-17-9-24(30-12-18(17)11-29-20)23-14-27-15-25-22(23)2-5-28-25/h2,5,8-9,11-16,21,28H,3-4,6-7,10H2,1H3. The minimum atomic E-state index is 0.0293. The van der Waals surface area contributed by atoms with Gasteiger partial charge in [-0.05, 0) is 56.6 Å². The van der Waals surface area contributed by atoms with Gasteiger partial charge in [-0.15, -0.1) is 0 Å². The molecule has 0 saturated carbocycles. The quantitative estimate of drug-likeness (QED) is 0.405. The molecule has 1 N–H and O–H groups in total. The van der Waals surface area contributed by atoms with Crippen molar-refractivity contribution >= 4 is 27.5 Å². The second-order valence-electron chi connectivity index (χ2n) is 9.06. The van der Waals surface area contributed by atoms with Crippen LogP contribution in [0.3, 0.4) is 0 Å². The van der Waals surface area contributed by atoms with Gasteiger partial charge in [0.15, 0.2) is 5.78 Å². The summed E-state index contributed by atoms with van der Waals surface area (Å²) >= 11 is 0. The molecule has 5 aromatic heterocycles. The number of aromatic nitrogens is 6. The summed E-state index contributed by atoms with van der Waals surface area (Å²) in [6.07, 6.45) is 15.1. The zero-order valence-corrected chi connectivity index (χ0v) is 19.0. The Morgan fingerprint density at radius 3 is 2.79 bits per heavy atom. The zero-order chi connectivity index (χ0) is 23.1. The Morgan fingerprint density at radius 2 is 1.91 bits per heavy atom. The Labute approximate surface area is 196 Å². The minimum absolute atomic E-state index is 0.0293. The van der Waals surface area contributed by atoms with Crippen molar-refractivity contribution in [3.63, 3.8) is 0 Å². The normalized spacial score (nSPS) is 15.3. The van der Waals surface area contributed by atoms with E-state index >= 15 is 0 Å². The van der Waals surface area contributed by atoms with Gasteiger partial charge in [0.05, 0.1) is 41.6 Å². The highest BCUT2D eigenvalue weighted by atomic mass is 16.1. The summed E-state index contributed by atoms with van der Waals surface area (Å²) < 4.78 is 1.96. The Morgan fingerprint density at radius 1 is 1.06 bits per heavy atom. The number of pyridine rings is 3. The predicted molar refractivity (Wildman–Crippen MR) is 131 cm³/mol. The number of hydrogen-bond acceptors (Lipinski definition) is 6. The lowest BCUT2D eigenvalue weighted by Crippen LogP contribution is -2.31. The molecule has 0 spiro atoms. The van der Waals surface area contributed by atoms with Crippen molar-refractivity contribution in [2.24, 2.45) is 0 Å². The molecule has 6 heterocycles. The third-order valence-corrected chi connectivity index (χ3v) is 6.74. The number of H-pyrrole nitrogens is 1. The van der Waals surface area contributed by atoms with E-state index in [1.807, 2.05) is 53.9 Å². The van der Waals surface area contributed by atoms with Crippen molar-refractivity contribution in [1.29, 1.82) is 0 Å². The smallest absolute Gasteiger partial charge is 0.171 e. The third kappa shape index (κ3) is 3.86. The molecule has 1 fully saturated rings. The SMILES string of the molecule is CN1CCC(n2cc(C(=O)Cc3cc4cc(-c5cncc6[nH]ccc56)ncc4cn3)cn2)CC1. The molecule has 5 aromatic rings. The molecule has 0 atom stereocenters. The Bertz CT molecular complexity index is 1490. The predicted octanol–water partition coefficient (Wildman–Crippen LogP) is 4.06. The fourth-order valence-corrected chi connectivity index (χ4v) is 4.72.